The highest BCUT2D eigenvalue weighted by Gasteiger charge is 2.51. The first-order valence-electron chi connectivity index (χ1n) is 21.7. The van der Waals surface area contributed by atoms with E-state index in [2.05, 4.69) is 31.3 Å². The van der Waals surface area contributed by atoms with Crippen LogP contribution < -0.4 is 5.32 Å². The summed E-state index contributed by atoms with van der Waals surface area (Å²) < 4.78 is 22.8. The number of amides is 1. The molecule has 1 aliphatic rings. The van der Waals surface area contributed by atoms with Gasteiger partial charge < -0.3 is 46.0 Å². The molecule has 0 radical (unpaired) electrons. The van der Waals surface area contributed by atoms with Crippen molar-refractivity contribution in [2.24, 2.45) is 0 Å². The number of aliphatic hydroxyl groups excluding tert-OH is 7. The summed E-state index contributed by atoms with van der Waals surface area (Å²) in [7, 11) is -5.11. The standard InChI is InChI=1S/C41H80NO12P/c1-3-5-7-9-11-13-15-16-17-18-19-20-22-24-26-28-32(43)30-35(45)42-33(34(44)29-27-25-23-21-14-12-10-8-6-4-2)31-53-55(51,52)54-41-39(49)37(47)36(46)38(48)40(41)50/h16-17,32-34,36-41,43-44,46-50H,3-15,18-31H2,1-2H3,(H,42,45)(H,51,52)/b17-16-. The Balaban J connectivity index is 2.54. The average Bonchev–Trinajstić information content (AvgIpc) is 3.15. The van der Waals surface area contributed by atoms with E-state index in [4.69, 9.17) is 9.05 Å². The minimum Gasteiger partial charge on any atom is -0.393 e. The number of carbonyl (C=O) groups is 1. The van der Waals surface area contributed by atoms with Gasteiger partial charge in [0.1, 0.15) is 36.6 Å². The molecule has 14 heteroatoms. The van der Waals surface area contributed by atoms with E-state index in [1.165, 1.54) is 70.6 Å². The SMILES string of the molecule is CCCCCCCC/C=C\CCCCCCCC(O)CC(=O)NC(COP(=O)(O)OC1C(O)C(O)C(O)C(O)C1O)C(O)CCCCCCCCCCCC. The third kappa shape index (κ3) is 24.5. The number of nitrogens with one attached hydrogen (secondary N) is 1. The Kier molecular flexibility index (Phi) is 30.3. The summed E-state index contributed by atoms with van der Waals surface area (Å²) >= 11 is 0. The van der Waals surface area contributed by atoms with Crippen LogP contribution in [-0.4, -0.2) is 108 Å². The van der Waals surface area contributed by atoms with E-state index >= 15 is 0 Å². The zero-order valence-corrected chi connectivity index (χ0v) is 35.0. The first-order valence-corrected chi connectivity index (χ1v) is 23.2. The Morgan fingerprint density at radius 2 is 1.02 bits per heavy atom. The van der Waals surface area contributed by atoms with Gasteiger partial charge in [-0.25, -0.2) is 4.57 Å². The molecule has 8 unspecified atom stereocenters. The predicted octanol–water partition coefficient (Wildman–Crippen LogP) is 6.25. The summed E-state index contributed by atoms with van der Waals surface area (Å²) in [6.45, 7) is 3.74. The van der Waals surface area contributed by atoms with Crippen LogP contribution in [0.5, 0.6) is 0 Å². The monoisotopic (exact) mass is 810 g/mol. The average molecular weight is 810 g/mol. The molecule has 1 saturated carbocycles. The Morgan fingerprint density at radius 1 is 0.618 bits per heavy atom. The summed E-state index contributed by atoms with van der Waals surface area (Å²) in [4.78, 5) is 23.4. The fourth-order valence-electron chi connectivity index (χ4n) is 7.00. The van der Waals surface area contributed by atoms with Gasteiger partial charge in [0.05, 0.1) is 31.3 Å². The van der Waals surface area contributed by atoms with Crippen molar-refractivity contribution in [3.05, 3.63) is 12.2 Å². The second-order valence-electron chi connectivity index (χ2n) is 15.7. The van der Waals surface area contributed by atoms with E-state index in [0.29, 0.717) is 12.8 Å². The lowest BCUT2D eigenvalue weighted by Crippen LogP contribution is -2.64. The van der Waals surface area contributed by atoms with Gasteiger partial charge in [0, 0.05) is 0 Å². The minimum absolute atomic E-state index is 0.225. The van der Waals surface area contributed by atoms with Crippen LogP contribution in [0.15, 0.2) is 12.2 Å². The van der Waals surface area contributed by atoms with Gasteiger partial charge in [-0.2, -0.15) is 0 Å². The van der Waals surface area contributed by atoms with Crippen LogP contribution >= 0.6 is 7.82 Å². The molecule has 0 heterocycles. The third-order valence-corrected chi connectivity index (χ3v) is 11.6. The highest BCUT2D eigenvalue weighted by Crippen LogP contribution is 2.47. The van der Waals surface area contributed by atoms with Gasteiger partial charge in [0.25, 0.3) is 0 Å². The Hall–Kier alpha value is -0.960. The summed E-state index contributed by atoms with van der Waals surface area (Å²) in [5, 5.41) is 74.3. The van der Waals surface area contributed by atoms with Crippen molar-refractivity contribution in [2.45, 2.75) is 236 Å². The van der Waals surface area contributed by atoms with Gasteiger partial charge in [0.15, 0.2) is 0 Å². The summed E-state index contributed by atoms with van der Waals surface area (Å²) in [5.41, 5.74) is 0. The van der Waals surface area contributed by atoms with E-state index < -0.39 is 75.2 Å². The molecule has 0 bridgehead atoms. The van der Waals surface area contributed by atoms with E-state index in [9.17, 15) is 50.0 Å². The maximum atomic E-state index is 12.9. The van der Waals surface area contributed by atoms with Crippen molar-refractivity contribution in [3.63, 3.8) is 0 Å². The lowest BCUT2D eigenvalue weighted by molar-refractivity contribution is -0.220. The van der Waals surface area contributed by atoms with Crippen LogP contribution in [0.3, 0.4) is 0 Å². The van der Waals surface area contributed by atoms with E-state index in [-0.39, 0.29) is 12.8 Å². The molecule has 9 N–H and O–H groups in total. The summed E-state index contributed by atoms with van der Waals surface area (Å²) in [6, 6.07) is -1.15. The van der Waals surface area contributed by atoms with Gasteiger partial charge in [-0.1, -0.05) is 148 Å². The van der Waals surface area contributed by atoms with Gasteiger partial charge in [-0.15, -0.1) is 0 Å². The molecule has 0 aliphatic heterocycles. The van der Waals surface area contributed by atoms with Crippen LogP contribution in [0, 0.1) is 0 Å². The highest BCUT2D eigenvalue weighted by molar-refractivity contribution is 7.47. The Morgan fingerprint density at radius 3 is 1.49 bits per heavy atom. The molecule has 1 rings (SSSR count). The molecule has 326 valence electrons. The van der Waals surface area contributed by atoms with Gasteiger partial charge in [-0.3, -0.25) is 13.8 Å². The smallest absolute Gasteiger partial charge is 0.393 e. The molecular formula is C41H80NO12P. The number of hydrogen-bond acceptors (Lipinski definition) is 11. The summed E-state index contributed by atoms with van der Waals surface area (Å²) in [5.74, 6) is -0.567. The minimum atomic E-state index is -5.11. The second kappa shape index (κ2) is 32.0. The van der Waals surface area contributed by atoms with Crippen LogP contribution in [0.1, 0.15) is 181 Å². The molecule has 8 atom stereocenters. The largest absolute Gasteiger partial charge is 0.472 e. The van der Waals surface area contributed by atoms with Gasteiger partial charge in [0.2, 0.25) is 5.91 Å². The van der Waals surface area contributed by atoms with Crippen LogP contribution in [0.4, 0.5) is 0 Å². The zero-order chi connectivity index (χ0) is 40.9. The van der Waals surface area contributed by atoms with Gasteiger partial charge >= 0.3 is 7.82 Å². The van der Waals surface area contributed by atoms with E-state index in [1.807, 2.05) is 0 Å². The number of hydrogen-bond donors (Lipinski definition) is 9. The number of phosphoric acid groups is 1. The zero-order valence-electron chi connectivity index (χ0n) is 34.1. The van der Waals surface area contributed by atoms with Crippen LogP contribution in [0.2, 0.25) is 0 Å². The van der Waals surface area contributed by atoms with Crippen molar-refractivity contribution in [2.75, 3.05) is 6.61 Å². The molecule has 1 aliphatic carbocycles. The molecule has 0 aromatic carbocycles. The Bertz CT molecular complexity index is 1010. The van der Waals surface area contributed by atoms with Crippen molar-refractivity contribution in [3.8, 4) is 0 Å². The number of allylic oxidation sites excluding steroid dienone is 2. The highest BCUT2D eigenvalue weighted by atomic mass is 31.2. The number of unbranched alkanes of at least 4 members (excludes halogenated alkanes) is 20. The quantitative estimate of drug-likeness (QED) is 0.0197. The van der Waals surface area contributed by atoms with Crippen molar-refractivity contribution in [1.82, 2.24) is 5.32 Å². The van der Waals surface area contributed by atoms with Crippen LogP contribution in [-0.2, 0) is 18.4 Å². The fraction of sp³-hybridized carbons (Fsp3) is 0.927. The summed E-state index contributed by atoms with van der Waals surface area (Å²) in [6.07, 6.45) is 17.1. The molecular weight excluding hydrogens is 729 g/mol. The topological polar surface area (TPSA) is 226 Å². The maximum Gasteiger partial charge on any atom is 0.472 e. The number of rotatable bonds is 35. The number of phosphoric ester groups is 1. The van der Waals surface area contributed by atoms with E-state index in [0.717, 1.165) is 70.6 Å². The van der Waals surface area contributed by atoms with Crippen LogP contribution in [0.25, 0.3) is 0 Å². The predicted molar refractivity (Wildman–Crippen MR) is 215 cm³/mol. The molecule has 55 heavy (non-hydrogen) atoms. The maximum absolute atomic E-state index is 12.9. The fourth-order valence-corrected chi connectivity index (χ4v) is 7.97. The van der Waals surface area contributed by atoms with Crippen molar-refractivity contribution < 1.29 is 59.0 Å². The molecule has 13 nitrogen and oxygen atoms in total. The third-order valence-electron chi connectivity index (χ3n) is 10.6. The first-order chi connectivity index (χ1) is 26.3. The number of aliphatic hydroxyl groups is 7. The Labute approximate surface area is 331 Å². The first kappa shape index (κ1) is 52.1. The second-order valence-corrected chi connectivity index (χ2v) is 17.1. The molecule has 0 spiro atoms. The lowest BCUT2D eigenvalue weighted by Gasteiger charge is -2.41. The normalized spacial score (nSPS) is 24.5. The molecule has 1 amide bonds. The number of carbonyl (C=O) groups excluding carboxylic acids is 1. The molecule has 1 fully saturated rings. The molecule has 0 saturated heterocycles. The van der Waals surface area contributed by atoms with E-state index in [1.54, 1.807) is 0 Å². The van der Waals surface area contributed by atoms with Gasteiger partial charge in [-0.05, 0) is 38.5 Å². The van der Waals surface area contributed by atoms with Crippen molar-refractivity contribution in [1.29, 1.82) is 0 Å². The molecule has 0 aromatic heterocycles. The van der Waals surface area contributed by atoms with Crippen molar-refractivity contribution >= 4 is 13.7 Å². The molecule has 0 aromatic rings. The lowest BCUT2D eigenvalue weighted by atomic mass is 9.85.